The molecule has 0 aliphatic heterocycles. The van der Waals surface area contributed by atoms with E-state index in [0.717, 1.165) is 19.3 Å². The first kappa shape index (κ1) is 15.4. The van der Waals surface area contributed by atoms with Gasteiger partial charge in [-0.1, -0.05) is 13.3 Å². The van der Waals surface area contributed by atoms with Crippen molar-refractivity contribution >= 4 is 5.91 Å². The van der Waals surface area contributed by atoms with E-state index in [9.17, 15) is 4.79 Å². The topological polar surface area (TPSA) is 66.6 Å². The molecule has 0 heterocycles. The Balaban J connectivity index is 3.98. The van der Waals surface area contributed by atoms with Crippen LogP contribution in [0.15, 0.2) is 0 Å². The van der Waals surface area contributed by atoms with Crippen molar-refractivity contribution in [3.05, 3.63) is 0 Å². The molecule has 1 amide bonds. The summed E-state index contributed by atoms with van der Waals surface area (Å²) in [7, 11) is 1.74. The molecule has 3 N–H and O–H groups in total. The van der Waals surface area contributed by atoms with Gasteiger partial charge in [0.2, 0.25) is 5.91 Å². The van der Waals surface area contributed by atoms with Gasteiger partial charge < -0.3 is 15.7 Å². The molecule has 0 aliphatic rings. The number of aliphatic hydroxyl groups is 1. The Hall–Kier alpha value is -0.610. The molecular weight excluding hydrogens is 204 g/mol. The molecule has 0 bridgehead atoms. The minimum atomic E-state index is -0.108. The van der Waals surface area contributed by atoms with Gasteiger partial charge in [-0.25, -0.2) is 0 Å². The summed E-state index contributed by atoms with van der Waals surface area (Å²) in [6, 6.07) is 0.0970. The minimum Gasteiger partial charge on any atom is -0.394 e. The van der Waals surface area contributed by atoms with Crippen LogP contribution >= 0.6 is 0 Å². The Bertz CT molecular complexity index is 207. The third-order valence-corrected chi connectivity index (χ3v) is 2.99. The van der Waals surface area contributed by atoms with Crippen LogP contribution in [0.2, 0.25) is 0 Å². The van der Waals surface area contributed by atoms with Gasteiger partial charge in [-0.15, -0.1) is 0 Å². The van der Waals surface area contributed by atoms with Crippen LogP contribution in [-0.4, -0.2) is 41.7 Å². The standard InChI is InChI=1S/C12H26N2O2/c1-9(6-5-7-10(2)13)12(16)14(4)11(3)8-15/h9-11,15H,5-8,13H2,1-4H3. The quantitative estimate of drug-likeness (QED) is 0.685. The predicted octanol–water partition coefficient (Wildman–Crippen LogP) is 0.979. The lowest BCUT2D eigenvalue weighted by atomic mass is 10.0. The third-order valence-electron chi connectivity index (χ3n) is 2.99. The number of rotatable bonds is 7. The fourth-order valence-electron chi connectivity index (χ4n) is 1.56. The van der Waals surface area contributed by atoms with E-state index in [1.165, 1.54) is 0 Å². The summed E-state index contributed by atoms with van der Waals surface area (Å²) in [5, 5.41) is 8.97. The zero-order valence-electron chi connectivity index (χ0n) is 10.9. The van der Waals surface area contributed by atoms with Crippen molar-refractivity contribution in [1.29, 1.82) is 0 Å². The highest BCUT2D eigenvalue weighted by Crippen LogP contribution is 2.13. The maximum atomic E-state index is 11.9. The Labute approximate surface area is 98.8 Å². The van der Waals surface area contributed by atoms with Gasteiger partial charge in [-0.2, -0.15) is 0 Å². The van der Waals surface area contributed by atoms with Gasteiger partial charge >= 0.3 is 0 Å². The van der Waals surface area contributed by atoms with E-state index in [2.05, 4.69) is 0 Å². The number of nitrogens with zero attached hydrogens (tertiary/aromatic N) is 1. The van der Waals surface area contributed by atoms with E-state index in [1.54, 1.807) is 11.9 Å². The highest BCUT2D eigenvalue weighted by molar-refractivity contribution is 5.78. The number of carbonyl (C=O) groups excluding carboxylic acids is 1. The number of aliphatic hydroxyl groups excluding tert-OH is 1. The van der Waals surface area contributed by atoms with E-state index >= 15 is 0 Å². The molecule has 0 rings (SSSR count). The smallest absolute Gasteiger partial charge is 0.225 e. The van der Waals surface area contributed by atoms with Crippen molar-refractivity contribution in [2.24, 2.45) is 11.7 Å². The second kappa shape index (κ2) is 7.63. The minimum absolute atomic E-state index is 0.00872. The molecule has 96 valence electrons. The van der Waals surface area contributed by atoms with Gasteiger partial charge in [0.15, 0.2) is 0 Å². The lowest BCUT2D eigenvalue weighted by molar-refractivity contribution is -0.136. The van der Waals surface area contributed by atoms with Crippen LogP contribution in [0.25, 0.3) is 0 Å². The van der Waals surface area contributed by atoms with Crippen LogP contribution in [0.3, 0.4) is 0 Å². The summed E-state index contributed by atoms with van der Waals surface area (Å²) in [6.07, 6.45) is 2.80. The van der Waals surface area contributed by atoms with Crippen molar-refractivity contribution < 1.29 is 9.90 Å². The van der Waals surface area contributed by atoms with E-state index in [4.69, 9.17) is 10.8 Å². The van der Waals surface area contributed by atoms with Crippen LogP contribution < -0.4 is 5.73 Å². The van der Waals surface area contributed by atoms with Crippen molar-refractivity contribution in [2.45, 2.75) is 52.1 Å². The molecule has 0 aromatic heterocycles. The van der Waals surface area contributed by atoms with Crippen LogP contribution in [0, 0.1) is 5.92 Å². The van der Waals surface area contributed by atoms with Crippen LogP contribution in [0.5, 0.6) is 0 Å². The van der Waals surface area contributed by atoms with E-state index in [0.29, 0.717) is 0 Å². The highest BCUT2D eigenvalue weighted by Gasteiger charge is 2.20. The average molecular weight is 230 g/mol. The molecule has 0 aliphatic carbocycles. The molecule has 0 radical (unpaired) electrons. The van der Waals surface area contributed by atoms with Crippen molar-refractivity contribution in [3.8, 4) is 0 Å². The Morgan fingerprint density at radius 1 is 1.31 bits per heavy atom. The first-order valence-corrected chi connectivity index (χ1v) is 6.03. The van der Waals surface area contributed by atoms with Gasteiger partial charge in [0.25, 0.3) is 0 Å². The number of likely N-dealkylation sites (N-methyl/N-ethyl adjacent to an activating group) is 1. The van der Waals surface area contributed by atoms with Gasteiger partial charge in [-0.3, -0.25) is 4.79 Å². The number of hydrogen-bond donors (Lipinski definition) is 2. The predicted molar refractivity (Wildman–Crippen MR) is 66.0 cm³/mol. The maximum absolute atomic E-state index is 11.9. The van der Waals surface area contributed by atoms with E-state index < -0.39 is 0 Å². The monoisotopic (exact) mass is 230 g/mol. The molecule has 0 spiro atoms. The van der Waals surface area contributed by atoms with Gasteiger partial charge in [-0.05, 0) is 26.7 Å². The second-order valence-corrected chi connectivity index (χ2v) is 4.79. The van der Waals surface area contributed by atoms with Gasteiger partial charge in [0.05, 0.1) is 12.6 Å². The SMILES string of the molecule is CC(N)CCCC(C)C(=O)N(C)C(C)CO. The fraction of sp³-hybridized carbons (Fsp3) is 0.917. The summed E-state index contributed by atoms with van der Waals surface area (Å²) in [5.74, 6) is 0.115. The fourth-order valence-corrected chi connectivity index (χ4v) is 1.56. The summed E-state index contributed by atoms with van der Waals surface area (Å²) < 4.78 is 0. The zero-order chi connectivity index (χ0) is 12.7. The lowest BCUT2D eigenvalue weighted by Crippen LogP contribution is -2.40. The Kier molecular flexibility index (Phi) is 7.34. The Morgan fingerprint density at radius 3 is 2.31 bits per heavy atom. The van der Waals surface area contributed by atoms with Crippen LogP contribution in [0.1, 0.15) is 40.0 Å². The number of hydrogen-bond acceptors (Lipinski definition) is 3. The molecule has 3 unspecified atom stereocenters. The summed E-state index contributed by atoms with van der Waals surface area (Å²) in [6.45, 7) is 5.76. The lowest BCUT2D eigenvalue weighted by Gasteiger charge is -2.26. The first-order chi connectivity index (χ1) is 7.40. The van der Waals surface area contributed by atoms with Crippen molar-refractivity contribution in [1.82, 2.24) is 4.90 Å². The van der Waals surface area contributed by atoms with E-state index in [-0.39, 0.29) is 30.5 Å². The van der Waals surface area contributed by atoms with Crippen LogP contribution in [0.4, 0.5) is 0 Å². The third kappa shape index (κ3) is 5.47. The number of nitrogens with two attached hydrogens (primary N) is 1. The summed E-state index contributed by atoms with van der Waals surface area (Å²) >= 11 is 0. The average Bonchev–Trinajstić information content (AvgIpc) is 2.25. The number of amides is 1. The van der Waals surface area contributed by atoms with Crippen LogP contribution in [-0.2, 0) is 4.79 Å². The van der Waals surface area contributed by atoms with Crippen molar-refractivity contribution in [2.75, 3.05) is 13.7 Å². The summed E-state index contributed by atoms with van der Waals surface area (Å²) in [4.78, 5) is 13.5. The second-order valence-electron chi connectivity index (χ2n) is 4.79. The molecule has 16 heavy (non-hydrogen) atoms. The molecule has 0 saturated carbocycles. The van der Waals surface area contributed by atoms with Crippen molar-refractivity contribution in [3.63, 3.8) is 0 Å². The number of carbonyl (C=O) groups is 1. The summed E-state index contributed by atoms with van der Waals surface area (Å²) in [5.41, 5.74) is 5.66. The molecule has 0 saturated heterocycles. The van der Waals surface area contributed by atoms with Gasteiger partial charge in [0, 0.05) is 19.0 Å². The molecular formula is C12H26N2O2. The molecule has 0 aromatic carbocycles. The maximum Gasteiger partial charge on any atom is 0.225 e. The molecule has 4 heteroatoms. The van der Waals surface area contributed by atoms with Gasteiger partial charge in [0.1, 0.15) is 0 Å². The first-order valence-electron chi connectivity index (χ1n) is 6.03. The zero-order valence-corrected chi connectivity index (χ0v) is 10.9. The molecule has 4 nitrogen and oxygen atoms in total. The molecule has 0 fully saturated rings. The Morgan fingerprint density at radius 2 is 1.88 bits per heavy atom. The largest absolute Gasteiger partial charge is 0.394 e. The molecule has 3 atom stereocenters. The normalized spacial score (nSPS) is 16.6. The highest BCUT2D eigenvalue weighted by atomic mass is 16.3. The van der Waals surface area contributed by atoms with E-state index in [1.807, 2.05) is 20.8 Å². The molecule has 0 aromatic rings.